The van der Waals surface area contributed by atoms with Crippen LogP contribution in [0.25, 0.3) is 11.0 Å². The van der Waals surface area contributed by atoms with Crippen LogP contribution in [0.2, 0.25) is 0 Å². The van der Waals surface area contributed by atoms with E-state index in [0.29, 0.717) is 0 Å². The summed E-state index contributed by atoms with van der Waals surface area (Å²) in [5.41, 5.74) is 2.44. The maximum absolute atomic E-state index is 3.40. The summed E-state index contributed by atoms with van der Waals surface area (Å²) in [6.45, 7) is 0. The minimum absolute atomic E-state index is 0.775. The molecule has 2 N–H and O–H groups in total. The maximum Gasteiger partial charge on any atom is 0.256 e. The van der Waals surface area contributed by atoms with Gasteiger partial charge in [0.1, 0.15) is 0 Å². The summed E-state index contributed by atoms with van der Waals surface area (Å²) in [5, 5.41) is 0. The van der Waals surface area contributed by atoms with E-state index in [4.69, 9.17) is 0 Å². The summed E-state index contributed by atoms with van der Waals surface area (Å²) >= 11 is 0. The molecular weight excluding hydrogens is 148 g/mol. The Morgan fingerprint density at radius 3 is 2.83 bits per heavy atom. The molecule has 1 heterocycles. The van der Waals surface area contributed by atoms with Gasteiger partial charge >= 0.3 is 0 Å². The van der Waals surface area contributed by atoms with Crippen LogP contribution in [-0.2, 0) is 0 Å². The highest BCUT2D eigenvalue weighted by molar-refractivity contribution is 5.70. The number of fused-ring (bicyclic) bond motifs is 1. The van der Waals surface area contributed by atoms with Gasteiger partial charge < -0.3 is 0 Å². The van der Waals surface area contributed by atoms with Crippen LogP contribution in [0.1, 0.15) is 24.6 Å². The molecule has 0 unspecified atom stereocenters. The van der Waals surface area contributed by atoms with Gasteiger partial charge in [0.15, 0.2) is 11.0 Å². The van der Waals surface area contributed by atoms with Crippen LogP contribution in [-0.4, -0.2) is 4.98 Å². The average Bonchev–Trinajstić information content (AvgIpc) is 2.85. The molecule has 0 aliphatic heterocycles. The number of nitrogens with one attached hydrogen (secondary N) is 2. The molecular formula is C10H11N2+. The monoisotopic (exact) mass is 159 g/mol. The van der Waals surface area contributed by atoms with Crippen molar-refractivity contribution in [2.75, 3.05) is 0 Å². The second kappa shape index (κ2) is 2.09. The highest BCUT2D eigenvalue weighted by atomic mass is 14.9. The summed E-state index contributed by atoms with van der Waals surface area (Å²) in [6, 6.07) is 8.34. The molecule has 2 nitrogen and oxygen atoms in total. The van der Waals surface area contributed by atoms with Crippen LogP contribution in [0, 0.1) is 0 Å². The van der Waals surface area contributed by atoms with Crippen LogP contribution in [0.3, 0.4) is 0 Å². The summed E-state index contributed by atoms with van der Waals surface area (Å²) in [5.74, 6) is 2.08. The Morgan fingerprint density at radius 2 is 2.08 bits per heavy atom. The van der Waals surface area contributed by atoms with Crippen molar-refractivity contribution in [3.05, 3.63) is 30.1 Å². The van der Waals surface area contributed by atoms with Crippen molar-refractivity contribution >= 4 is 11.0 Å². The molecule has 2 heteroatoms. The molecule has 1 aliphatic carbocycles. The highest BCUT2D eigenvalue weighted by Crippen LogP contribution is 2.37. The topological polar surface area (TPSA) is 29.9 Å². The fourth-order valence-electron chi connectivity index (χ4n) is 1.60. The summed E-state index contributed by atoms with van der Waals surface area (Å²) in [4.78, 5) is 6.80. The van der Waals surface area contributed by atoms with Crippen LogP contribution in [0.15, 0.2) is 24.3 Å². The highest BCUT2D eigenvalue weighted by Gasteiger charge is 2.31. The summed E-state index contributed by atoms with van der Waals surface area (Å²) in [6.07, 6.45) is 2.67. The number of benzene rings is 1. The molecule has 60 valence electrons. The normalized spacial score (nSPS) is 17.0. The van der Waals surface area contributed by atoms with Crippen molar-refractivity contribution in [3.8, 4) is 0 Å². The Morgan fingerprint density at radius 1 is 1.25 bits per heavy atom. The van der Waals surface area contributed by atoms with Gasteiger partial charge in [0.2, 0.25) is 0 Å². The molecule has 0 bridgehead atoms. The third-order valence-corrected chi connectivity index (χ3v) is 2.45. The van der Waals surface area contributed by atoms with E-state index in [9.17, 15) is 0 Å². The van der Waals surface area contributed by atoms with Crippen molar-refractivity contribution in [3.63, 3.8) is 0 Å². The van der Waals surface area contributed by atoms with Gasteiger partial charge in [0.25, 0.3) is 5.82 Å². The van der Waals surface area contributed by atoms with E-state index < -0.39 is 0 Å². The third-order valence-electron chi connectivity index (χ3n) is 2.45. The van der Waals surface area contributed by atoms with Gasteiger partial charge in [-0.3, -0.25) is 0 Å². The molecule has 3 rings (SSSR count). The predicted molar refractivity (Wildman–Crippen MR) is 46.8 cm³/mol. The van der Waals surface area contributed by atoms with Gasteiger partial charge in [-0.05, 0) is 25.0 Å². The SMILES string of the molecule is c1ccc2[nH+]c(C3CC3)[nH]c2c1. The van der Waals surface area contributed by atoms with E-state index in [1.54, 1.807) is 0 Å². The standard InChI is InChI=1S/C10H10N2/c1-2-4-9-8(3-1)11-10(12-9)7-5-6-7/h1-4,7H,5-6H2,(H,11,12)/p+1. The lowest BCUT2D eigenvalue weighted by atomic mass is 10.3. The number of rotatable bonds is 1. The van der Waals surface area contributed by atoms with Gasteiger partial charge in [-0.1, -0.05) is 12.1 Å². The number of aromatic amines is 2. The minimum Gasteiger partial charge on any atom is -0.241 e. The van der Waals surface area contributed by atoms with E-state index in [1.165, 1.54) is 29.7 Å². The first-order chi connectivity index (χ1) is 5.93. The molecule has 12 heavy (non-hydrogen) atoms. The lowest BCUT2D eigenvalue weighted by molar-refractivity contribution is -0.358. The minimum atomic E-state index is 0.775. The molecule has 0 saturated heterocycles. The molecule has 2 aromatic rings. The molecule has 0 amide bonds. The maximum atomic E-state index is 3.40. The van der Waals surface area contributed by atoms with Crippen LogP contribution >= 0.6 is 0 Å². The lowest BCUT2D eigenvalue weighted by Crippen LogP contribution is -2.04. The Bertz CT molecular complexity index is 379. The smallest absolute Gasteiger partial charge is 0.241 e. The van der Waals surface area contributed by atoms with Crippen molar-refractivity contribution in [2.45, 2.75) is 18.8 Å². The Hall–Kier alpha value is -1.31. The van der Waals surface area contributed by atoms with E-state index in [0.717, 1.165) is 5.92 Å². The first kappa shape index (κ1) is 6.23. The lowest BCUT2D eigenvalue weighted by Gasteiger charge is -1.76. The van der Waals surface area contributed by atoms with Gasteiger partial charge in [-0.25, -0.2) is 9.97 Å². The van der Waals surface area contributed by atoms with Crippen LogP contribution < -0.4 is 4.98 Å². The molecule has 1 aromatic carbocycles. The molecule has 1 aromatic heterocycles. The fraction of sp³-hybridized carbons (Fsp3) is 0.300. The van der Waals surface area contributed by atoms with E-state index >= 15 is 0 Å². The Kier molecular flexibility index (Phi) is 1.09. The number of hydrogen-bond acceptors (Lipinski definition) is 0. The van der Waals surface area contributed by atoms with Crippen molar-refractivity contribution in [2.24, 2.45) is 0 Å². The fourth-order valence-corrected chi connectivity index (χ4v) is 1.60. The largest absolute Gasteiger partial charge is 0.256 e. The van der Waals surface area contributed by atoms with E-state index in [-0.39, 0.29) is 0 Å². The van der Waals surface area contributed by atoms with Crippen LogP contribution in [0.4, 0.5) is 0 Å². The number of para-hydroxylation sites is 2. The molecule has 1 fully saturated rings. The van der Waals surface area contributed by atoms with E-state index in [2.05, 4.69) is 34.2 Å². The van der Waals surface area contributed by atoms with Gasteiger partial charge in [0.05, 0.1) is 5.92 Å². The first-order valence-corrected chi connectivity index (χ1v) is 4.43. The molecule has 0 atom stereocenters. The van der Waals surface area contributed by atoms with Crippen molar-refractivity contribution in [1.82, 2.24) is 4.98 Å². The number of imidazole rings is 1. The quantitative estimate of drug-likeness (QED) is 0.658. The third kappa shape index (κ3) is 0.843. The second-order valence-electron chi connectivity index (χ2n) is 3.48. The zero-order valence-electron chi connectivity index (χ0n) is 6.80. The van der Waals surface area contributed by atoms with Gasteiger partial charge in [-0.15, -0.1) is 0 Å². The van der Waals surface area contributed by atoms with Crippen molar-refractivity contribution in [1.29, 1.82) is 0 Å². The molecule has 1 aliphatic rings. The summed E-state index contributed by atoms with van der Waals surface area (Å²) in [7, 11) is 0. The van der Waals surface area contributed by atoms with Crippen molar-refractivity contribution < 1.29 is 4.98 Å². The first-order valence-electron chi connectivity index (χ1n) is 4.43. The Labute approximate surface area is 70.6 Å². The second-order valence-corrected chi connectivity index (χ2v) is 3.48. The molecule has 1 saturated carbocycles. The Balaban J connectivity index is 2.23. The van der Waals surface area contributed by atoms with E-state index in [1.807, 2.05) is 0 Å². The number of aromatic nitrogens is 2. The number of hydrogen-bond donors (Lipinski definition) is 1. The zero-order chi connectivity index (χ0) is 7.97. The van der Waals surface area contributed by atoms with Crippen LogP contribution in [0.5, 0.6) is 0 Å². The van der Waals surface area contributed by atoms with Gasteiger partial charge in [-0.2, -0.15) is 0 Å². The average molecular weight is 159 g/mol. The molecule has 0 radical (unpaired) electrons. The molecule has 0 spiro atoms. The summed E-state index contributed by atoms with van der Waals surface area (Å²) < 4.78 is 0. The number of H-pyrrole nitrogens is 2. The predicted octanol–water partition coefficient (Wildman–Crippen LogP) is 1.86. The zero-order valence-corrected chi connectivity index (χ0v) is 6.80. The van der Waals surface area contributed by atoms with Gasteiger partial charge in [0, 0.05) is 0 Å².